The summed E-state index contributed by atoms with van der Waals surface area (Å²) in [5.41, 5.74) is 2.74. The van der Waals surface area contributed by atoms with Crippen LogP contribution < -0.4 is 5.32 Å². The van der Waals surface area contributed by atoms with Crippen molar-refractivity contribution in [1.82, 2.24) is 25.3 Å². The minimum absolute atomic E-state index is 0.251. The van der Waals surface area contributed by atoms with E-state index in [1.165, 1.54) is 18.7 Å². The van der Waals surface area contributed by atoms with Crippen LogP contribution in [0, 0.1) is 0 Å². The Bertz CT molecular complexity index is 1030. The van der Waals surface area contributed by atoms with Gasteiger partial charge in [0.1, 0.15) is 6.26 Å². The molecule has 132 valence electrons. The second-order valence-electron chi connectivity index (χ2n) is 5.72. The molecule has 0 aliphatic rings. The SMILES string of the molecule is O=C(NCc1coc(-c2ccccc2)n1)c1cnc(-c2ccncc2)nc1. The molecule has 4 aromatic rings. The lowest BCUT2D eigenvalue weighted by atomic mass is 10.2. The van der Waals surface area contributed by atoms with E-state index in [4.69, 9.17) is 4.42 Å². The molecule has 0 spiro atoms. The average Bonchev–Trinajstić information content (AvgIpc) is 3.22. The number of oxazole rings is 1. The smallest absolute Gasteiger partial charge is 0.254 e. The van der Waals surface area contributed by atoms with Gasteiger partial charge in [-0.2, -0.15) is 0 Å². The fourth-order valence-corrected chi connectivity index (χ4v) is 2.47. The second-order valence-corrected chi connectivity index (χ2v) is 5.72. The van der Waals surface area contributed by atoms with E-state index in [9.17, 15) is 4.79 Å². The van der Waals surface area contributed by atoms with Crippen molar-refractivity contribution in [3.63, 3.8) is 0 Å². The molecule has 0 atom stereocenters. The van der Waals surface area contributed by atoms with Crippen LogP contribution in [0.1, 0.15) is 16.1 Å². The van der Waals surface area contributed by atoms with Gasteiger partial charge in [-0.15, -0.1) is 0 Å². The number of amides is 1. The van der Waals surface area contributed by atoms with E-state index >= 15 is 0 Å². The van der Waals surface area contributed by atoms with Gasteiger partial charge in [-0.3, -0.25) is 9.78 Å². The average molecular weight is 357 g/mol. The fraction of sp³-hybridized carbons (Fsp3) is 0.0500. The Morgan fingerprint density at radius 1 is 0.963 bits per heavy atom. The Morgan fingerprint density at radius 2 is 1.70 bits per heavy atom. The molecule has 4 rings (SSSR count). The van der Waals surface area contributed by atoms with Crippen molar-refractivity contribution in [2.45, 2.75) is 6.54 Å². The zero-order chi connectivity index (χ0) is 18.5. The molecule has 0 fully saturated rings. The second kappa shape index (κ2) is 7.57. The molecule has 1 aromatic carbocycles. The normalized spacial score (nSPS) is 10.5. The Kier molecular flexibility index (Phi) is 4.65. The van der Waals surface area contributed by atoms with Gasteiger partial charge in [0.25, 0.3) is 5.91 Å². The van der Waals surface area contributed by atoms with E-state index in [1.54, 1.807) is 12.4 Å². The maximum absolute atomic E-state index is 12.3. The summed E-state index contributed by atoms with van der Waals surface area (Å²) in [6.45, 7) is 0.251. The zero-order valence-electron chi connectivity index (χ0n) is 14.2. The Hall–Kier alpha value is -3.87. The van der Waals surface area contributed by atoms with E-state index in [2.05, 4.69) is 25.3 Å². The number of nitrogens with zero attached hydrogens (tertiary/aromatic N) is 4. The van der Waals surface area contributed by atoms with Crippen LogP contribution in [0.5, 0.6) is 0 Å². The number of benzene rings is 1. The van der Waals surface area contributed by atoms with Gasteiger partial charge in [-0.25, -0.2) is 15.0 Å². The Balaban J connectivity index is 1.39. The molecule has 0 unspecified atom stereocenters. The van der Waals surface area contributed by atoms with Crippen LogP contribution in [0.2, 0.25) is 0 Å². The number of pyridine rings is 1. The molecule has 0 aliphatic heterocycles. The summed E-state index contributed by atoms with van der Waals surface area (Å²) >= 11 is 0. The zero-order valence-corrected chi connectivity index (χ0v) is 14.2. The third kappa shape index (κ3) is 3.87. The molecule has 0 aliphatic carbocycles. The van der Waals surface area contributed by atoms with Crippen molar-refractivity contribution < 1.29 is 9.21 Å². The van der Waals surface area contributed by atoms with Crippen LogP contribution in [0.15, 0.2) is 77.9 Å². The highest BCUT2D eigenvalue weighted by atomic mass is 16.3. The number of hydrogen-bond acceptors (Lipinski definition) is 6. The minimum atomic E-state index is -0.277. The first kappa shape index (κ1) is 16.6. The molecule has 3 aromatic heterocycles. The number of aromatic nitrogens is 4. The number of rotatable bonds is 5. The standard InChI is InChI=1S/C20H15N5O2/c26-19(16-10-22-18(23-11-16)14-6-8-21-9-7-14)24-12-17-13-27-20(25-17)15-4-2-1-3-5-15/h1-11,13H,12H2,(H,24,26). The third-order valence-corrected chi connectivity index (χ3v) is 3.86. The van der Waals surface area contributed by atoms with Gasteiger partial charge >= 0.3 is 0 Å². The summed E-state index contributed by atoms with van der Waals surface area (Å²) in [6, 6.07) is 13.2. The van der Waals surface area contributed by atoms with Crippen LogP contribution in [0.4, 0.5) is 0 Å². The number of nitrogens with one attached hydrogen (secondary N) is 1. The van der Waals surface area contributed by atoms with Crippen molar-refractivity contribution in [3.8, 4) is 22.8 Å². The number of hydrogen-bond donors (Lipinski definition) is 1. The van der Waals surface area contributed by atoms with E-state index in [1.807, 2.05) is 42.5 Å². The topological polar surface area (TPSA) is 93.8 Å². The van der Waals surface area contributed by atoms with Gasteiger partial charge in [0, 0.05) is 35.9 Å². The van der Waals surface area contributed by atoms with Crippen LogP contribution in [0.3, 0.4) is 0 Å². The molecular formula is C20H15N5O2. The molecule has 7 heteroatoms. The molecular weight excluding hydrogens is 342 g/mol. The molecule has 0 saturated carbocycles. The fourth-order valence-electron chi connectivity index (χ4n) is 2.47. The van der Waals surface area contributed by atoms with Crippen molar-refractivity contribution in [1.29, 1.82) is 0 Å². The highest BCUT2D eigenvalue weighted by Gasteiger charge is 2.10. The van der Waals surface area contributed by atoms with Crippen LogP contribution in [0.25, 0.3) is 22.8 Å². The molecule has 7 nitrogen and oxygen atoms in total. The number of carbonyl (C=O) groups excluding carboxylic acids is 1. The summed E-state index contributed by atoms with van der Waals surface area (Å²) in [5.74, 6) is 0.781. The molecule has 3 heterocycles. The summed E-state index contributed by atoms with van der Waals surface area (Å²) in [5, 5.41) is 2.79. The quantitative estimate of drug-likeness (QED) is 0.590. The van der Waals surface area contributed by atoms with Gasteiger partial charge in [0.2, 0.25) is 5.89 Å². The van der Waals surface area contributed by atoms with Crippen LogP contribution >= 0.6 is 0 Å². The van der Waals surface area contributed by atoms with Crippen molar-refractivity contribution in [2.24, 2.45) is 0 Å². The van der Waals surface area contributed by atoms with Gasteiger partial charge in [-0.05, 0) is 24.3 Å². The van der Waals surface area contributed by atoms with Gasteiger partial charge in [-0.1, -0.05) is 18.2 Å². The first-order chi connectivity index (χ1) is 13.3. The van der Waals surface area contributed by atoms with E-state index in [-0.39, 0.29) is 12.5 Å². The molecule has 0 bridgehead atoms. The molecule has 27 heavy (non-hydrogen) atoms. The monoisotopic (exact) mass is 357 g/mol. The molecule has 1 amide bonds. The maximum Gasteiger partial charge on any atom is 0.254 e. The van der Waals surface area contributed by atoms with E-state index < -0.39 is 0 Å². The Morgan fingerprint density at radius 3 is 2.44 bits per heavy atom. The summed E-state index contributed by atoms with van der Waals surface area (Å²) < 4.78 is 5.46. The lowest BCUT2D eigenvalue weighted by molar-refractivity contribution is 0.0949. The van der Waals surface area contributed by atoms with E-state index in [0.717, 1.165) is 11.1 Å². The van der Waals surface area contributed by atoms with Crippen LogP contribution in [-0.4, -0.2) is 25.8 Å². The predicted octanol–water partition coefficient (Wildman–Crippen LogP) is 3.12. The first-order valence-electron chi connectivity index (χ1n) is 8.30. The molecule has 0 saturated heterocycles. The highest BCUT2D eigenvalue weighted by molar-refractivity contribution is 5.93. The van der Waals surface area contributed by atoms with Crippen molar-refractivity contribution in [3.05, 3.63) is 84.8 Å². The van der Waals surface area contributed by atoms with Gasteiger partial charge in [0.05, 0.1) is 17.8 Å². The molecule has 0 radical (unpaired) electrons. The Labute approximate surface area is 155 Å². The largest absolute Gasteiger partial charge is 0.444 e. The van der Waals surface area contributed by atoms with Crippen LogP contribution in [-0.2, 0) is 6.54 Å². The van der Waals surface area contributed by atoms with Gasteiger partial charge < -0.3 is 9.73 Å². The summed E-state index contributed by atoms with van der Waals surface area (Å²) in [6.07, 6.45) is 7.86. The van der Waals surface area contributed by atoms with Gasteiger partial charge in [0.15, 0.2) is 5.82 Å². The third-order valence-electron chi connectivity index (χ3n) is 3.86. The van der Waals surface area contributed by atoms with Crippen molar-refractivity contribution >= 4 is 5.91 Å². The lowest BCUT2D eigenvalue weighted by Crippen LogP contribution is -2.23. The highest BCUT2D eigenvalue weighted by Crippen LogP contribution is 2.18. The number of carbonyl (C=O) groups is 1. The summed E-state index contributed by atoms with van der Waals surface area (Å²) in [7, 11) is 0. The maximum atomic E-state index is 12.3. The summed E-state index contributed by atoms with van der Waals surface area (Å²) in [4.78, 5) is 29.1. The van der Waals surface area contributed by atoms with E-state index in [0.29, 0.717) is 23.0 Å². The minimum Gasteiger partial charge on any atom is -0.444 e. The van der Waals surface area contributed by atoms with Crippen molar-refractivity contribution in [2.75, 3.05) is 0 Å². The lowest BCUT2D eigenvalue weighted by Gasteiger charge is -2.04. The predicted molar refractivity (Wildman–Crippen MR) is 98.4 cm³/mol. The first-order valence-corrected chi connectivity index (χ1v) is 8.30. The molecule has 1 N–H and O–H groups in total.